The number of aromatic nitrogens is 2. The number of piperazine rings is 1. The highest BCUT2D eigenvalue weighted by molar-refractivity contribution is 7.16. The highest BCUT2D eigenvalue weighted by atomic mass is 35.5. The van der Waals surface area contributed by atoms with Gasteiger partial charge in [-0.25, -0.2) is 0 Å². The van der Waals surface area contributed by atoms with Crippen LogP contribution in [0, 0.1) is 0 Å². The largest absolute Gasteiger partial charge is 0.340 e. The van der Waals surface area contributed by atoms with E-state index in [1.54, 1.807) is 22.7 Å². The Kier molecular flexibility index (Phi) is 5.87. The molecule has 0 spiro atoms. The Balaban J connectivity index is 1.23. The van der Waals surface area contributed by atoms with E-state index in [1.807, 2.05) is 27.8 Å². The van der Waals surface area contributed by atoms with E-state index in [4.69, 9.17) is 16.1 Å². The second kappa shape index (κ2) is 8.52. The number of hydrogen-bond donors (Lipinski definition) is 0. The number of amides is 1. The summed E-state index contributed by atoms with van der Waals surface area (Å²) in [5, 5.41) is 7.93. The molecule has 3 aromatic heterocycles. The molecule has 0 radical (unpaired) electrons. The standard InChI is InChI=1S/C18H19ClN4O2S2/c19-15-2-1-14(27-15)11-22-6-8-23(9-7-22)17(24)4-3-16-20-18(21-25-16)13-5-10-26-12-13/h1-2,5,10,12H,3-4,6-9,11H2. The Hall–Kier alpha value is -1.74. The topological polar surface area (TPSA) is 62.5 Å². The average molecular weight is 423 g/mol. The molecule has 9 heteroatoms. The molecule has 3 aromatic rings. The Morgan fingerprint density at radius 3 is 2.78 bits per heavy atom. The van der Waals surface area contributed by atoms with Crippen molar-refractivity contribution < 1.29 is 9.32 Å². The number of hydrogen-bond acceptors (Lipinski definition) is 7. The van der Waals surface area contributed by atoms with Gasteiger partial charge in [0.05, 0.1) is 4.34 Å². The molecular weight excluding hydrogens is 404 g/mol. The molecular formula is C18H19ClN4O2S2. The summed E-state index contributed by atoms with van der Waals surface area (Å²) in [6.45, 7) is 4.16. The van der Waals surface area contributed by atoms with Crippen LogP contribution >= 0.6 is 34.3 Å². The van der Waals surface area contributed by atoms with E-state index in [1.165, 1.54) is 4.88 Å². The minimum atomic E-state index is 0.143. The summed E-state index contributed by atoms with van der Waals surface area (Å²) in [7, 11) is 0. The molecule has 0 N–H and O–H groups in total. The summed E-state index contributed by atoms with van der Waals surface area (Å²) in [4.78, 5) is 22.4. The van der Waals surface area contributed by atoms with Crippen molar-refractivity contribution >= 4 is 40.2 Å². The SMILES string of the molecule is O=C(CCc1nc(-c2ccsc2)no1)N1CCN(Cc2ccc(Cl)s2)CC1. The summed E-state index contributed by atoms with van der Waals surface area (Å²) >= 11 is 9.19. The first-order valence-electron chi connectivity index (χ1n) is 8.77. The molecule has 6 nitrogen and oxygen atoms in total. The van der Waals surface area contributed by atoms with Crippen LogP contribution in [0.1, 0.15) is 17.2 Å². The van der Waals surface area contributed by atoms with Crippen molar-refractivity contribution in [3.63, 3.8) is 0 Å². The molecule has 0 saturated carbocycles. The third kappa shape index (κ3) is 4.76. The van der Waals surface area contributed by atoms with Crippen LogP contribution in [0.25, 0.3) is 11.4 Å². The van der Waals surface area contributed by atoms with E-state index in [0.29, 0.717) is 24.6 Å². The lowest BCUT2D eigenvalue weighted by atomic mass is 10.2. The third-order valence-corrected chi connectivity index (χ3v) is 6.43. The van der Waals surface area contributed by atoms with E-state index in [9.17, 15) is 4.79 Å². The van der Waals surface area contributed by atoms with E-state index in [-0.39, 0.29) is 5.91 Å². The second-order valence-electron chi connectivity index (χ2n) is 6.39. The molecule has 0 aromatic carbocycles. The van der Waals surface area contributed by atoms with Gasteiger partial charge in [0.2, 0.25) is 17.6 Å². The molecule has 1 saturated heterocycles. The summed E-state index contributed by atoms with van der Waals surface area (Å²) in [6, 6.07) is 5.95. The molecule has 4 heterocycles. The summed E-state index contributed by atoms with van der Waals surface area (Å²) in [5.41, 5.74) is 0.949. The second-order valence-corrected chi connectivity index (χ2v) is 8.97. The van der Waals surface area contributed by atoms with Crippen molar-refractivity contribution in [2.75, 3.05) is 26.2 Å². The molecule has 0 unspecified atom stereocenters. The van der Waals surface area contributed by atoms with E-state index >= 15 is 0 Å². The lowest BCUT2D eigenvalue weighted by Gasteiger charge is -2.34. The maximum atomic E-state index is 12.5. The molecule has 0 bridgehead atoms. The Morgan fingerprint density at radius 1 is 1.22 bits per heavy atom. The minimum absolute atomic E-state index is 0.143. The van der Waals surface area contributed by atoms with Crippen LogP contribution in [0.2, 0.25) is 4.34 Å². The zero-order valence-electron chi connectivity index (χ0n) is 14.6. The van der Waals surface area contributed by atoms with Gasteiger partial charge in [0.1, 0.15) is 0 Å². The van der Waals surface area contributed by atoms with Gasteiger partial charge in [-0.3, -0.25) is 9.69 Å². The number of nitrogens with zero attached hydrogens (tertiary/aromatic N) is 4. The van der Waals surface area contributed by atoms with Gasteiger partial charge < -0.3 is 9.42 Å². The van der Waals surface area contributed by atoms with E-state index < -0.39 is 0 Å². The van der Waals surface area contributed by atoms with E-state index in [2.05, 4.69) is 21.1 Å². The quantitative estimate of drug-likeness (QED) is 0.604. The molecule has 1 amide bonds. The number of aryl methyl sites for hydroxylation is 1. The molecule has 1 aliphatic heterocycles. The molecule has 4 rings (SSSR count). The van der Waals surface area contributed by atoms with Gasteiger partial charge in [0, 0.05) is 61.4 Å². The predicted molar refractivity (Wildman–Crippen MR) is 107 cm³/mol. The van der Waals surface area contributed by atoms with Crippen molar-refractivity contribution in [3.8, 4) is 11.4 Å². The van der Waals surface area contributed by atoms with Crippen LogP contribution < -0.4 is 0 Å². The number of thiophene rings is 2. The maximum Gasteiger partial charge on any atom is 0.227 e. The Bertz CT molecular complexity index is 885. The van der Waals surface area contributed by atoms with Crippen molar-refractivity contribution in [3.05, 3.63) is 44.1 Å². The molecule has 1 fully saturated rings. The molecule has 142 valence electrons. The first kappa shape index (κ1) is 18.6. The molecule has 27 heavy (non-hydrogen) atoms. The Morgan fingerprint density at radius 2 is 2.07 bits per heavy atom. The van der Waals surface area contributed by atoms with Crippen LogP contribution in [0.4, 0.5) is 0 Å². The van der Waals surface area contributed by atoms with Crippen LogP contribution in [-0.4, -0.2) is 52.0 Å². The van der Waals surface area contributed by atoms with Crippen LogP contribution in [0.5, 0.6) is 0 Å². The van der Waals surface area contributed by atoms with Crippen LogP contribution in [-0.2, 0) is 17.8 Å². The van der Waals surface area contributed by atoms with E-state index in [0.717, 1.165) is 42.6 Å². The first-order valence-corrected chi connectivity index (χ1v) is 10.9. The van der Waals surface area contributed by atoms with Crippen molar-refractivity contribution in [2.24, 2.45) is 0 Å². The summed E-state index contributed by atoms with van der Waals surface area (Å²) in [5.74, 6) is 1.24. The van der Waals surface area contributed by atoms with Gasteiger partial charge in [0.25, 0.3) is 0 Å². The number of carbonyl (C=O) groups excluding carboxylic acids is 1. The molecule has 1 aliphatic rings. The van der Waals surface area contributed by atoms with Gasteiger partial charge in [-0.1, -0.05) is 16.8 Å². The lowest BCUT2D eigenvalue weighted by Crippen LogP contribution is -2.48. The number of carbonyl (C=O) groups is 1. The summed E-state index contributed by atoms with van der Waals surface area (Å²) in [6.07, 6.45) is 0.871. The highest BCUT2D eigenvalue weighted by Gasteiger charge is 2.22. The zero-order chi connectivity index (χ0) is 18.6. The first-order chi connectivity index (χ1) is 13.2. The van der Waals surface area contributed by atoms with Crippen molar-refractivity contribution in [1.82, 2.24) is 19.9 Å². The van der Waals surface area contributed by atoms with Gasteiger partial charge in [-0.2, -0.15) is 16.3 Å². The predicted octanol–water partition coefficient (Wildman–Crippen LogP) is 3.79. The van der Waals surface area contributed by atoms with Gasteiger partial charge in [-0.15, -0.1) is 11.3 Å². The number of rotatable bonds is 6. The Labute approximate surface area is 170 Å². The normalized spacial score (nSPS) is 15.4. The van der Waals surface area contributed by atoms with Gasteiger partial charge in [0.15, 0.2) is 0 Å². The van der Waals surface area contributed by atoms with Gasteiger partial charge >= 0.3 is 0 Å². The molecule has 0 aliphatic carbocycles. The molecule has 0 atom stereocenters. The fourth-order valence-electron chi connectivity index (χ4n) is 3.05. The smallest absolute Gasteiger partial charge is 0.227 e. The van der Waals surface area contributed by atoms with Crippen LogP contribution in [0.15, 0.2) is 33.5 Å². The van der Waals surface area contributed by atoms with Crippen molar-refractivity contribution in [1.29, 1.82) is 0 Å². The fraction of sp³-hybridized carbons (Fsp3) is 0.389. The monoisotopic (exact) mass is 422 g/mol. The summed E-state index contributed by atoms with van der Waals surface area (Å²) < 4.78 is 6.09. The van der Waals surface area contributed by atoms with Gasteiger partial charge in [-0.05, 0) is 23.6 Å². The highest BCUT2D eigenvalue weighted by Crippen LogP contribution is 2.23. The number of halogens is 1. The van der Waals surface area contributed by atoms with Crippen LogP contribution in [0.3, 0.4) is 0 Å². The minimum Gasteiger partial charge on any atom is -0.340 e. The van der Waals surface area contributed by atoms with Crippen molar-refractivity contribution in [2.45, 2.75) is 19.4 Å². The zero-order valence-corrected chi connectivity index (χ0v) is 17.0. The average Bonchev–Trinajstić information content (AvgIpc) is 3.42. The lowest BCUT2D eigenvalue weighted by molar-refractivity contribution is -0.133. The third-order valence-electron chi connectivity index (χ3n) is 4.53. The maximum absolute atomic E-state index is 12.5. The fourth-order valence-corrected chi connectivity index (χ4v) is 4.81.